The molecular formula is C11H14F3NO3S. The Morgan fingerprint density at radius 2 is 2.00 bits per heavy atom. The predicted molar refractivity (Wildman–Crippen MR) is 63.6 cm³/mol. The van der Waals surface area contributed by atoms with E-state index in [1.807, 2.05) is 0 Å². The third-order valence-corrected chi connectivity index (χ3v) is 3.54. The Morgan fingerprint density at radius 3 is 2.47 bits per heavy atom. The van der Waals surface area contributed by atoms with Crippen molar-refractivity contribution in [2.75, 3.05) is 19.4 Å². The zero-order chi connectivity index (χ0) is 14.7. The number of hydrogen-bond acceptors (Lipinski definition) is 4. The van der Waals surface area contributed by atoms with E-state index in [9.17, 15) is 21.6 Å². The van der Waals surface area contributed by atoms with Crippen molar-refractivity contribution < 1.29 is 26.3 Å². The maximum Gasteiger partial charge on any atom is 0.396 e. The summed E-state index contributed by atoms with van der Waals surface area (Å²) in [4.78, 5) is -0.0127. The first-order valence-corrected chi connectivity index (χ1v) is 7.23. The molecule has 2 N–H and O–H groups in total. The Hall–Kier alpha value is -1.28. The number of alkyl halides is 3. The molecule has 0 bridgehead atoms. The fourth-order valence-electron chi connectivity index (χ4n) is 1.29. The highest BCUT2D eigenvalue weighted by Gasteiger charge is 2.39. The second-order valence-electron chi connectivity index (χ2n) is 4.03. The van der Waals surface area contributed by atoms with Gasteiger partial charge in [-0.15, -0.1) is 0 Å². The molecule has 0 spiro atoms. The van der Waals surface area contributed by atoms with Gasteiger partial charge in [-0.2, -0.15) is 13.2 Å². The Kier molecular flexibility index (Phi) is 4.81. The summed E-state index contributed by atoms with van der Waals surface area (Å²) in [5.74, 6) is -1.72. The zero-order valence-corrected chi connectivity index (χ0v) is 11.0. The smallest absolute Gasteiger partial charge is 0.396 e. The lowest BCUT2D eigenvalue weighted by molar-refractivity contribution is -0.178. The van der Waals surface area contributed by atoms with E-state index < -0.39 is 35.1 Å². The van der Waals surface area contributed by atoms with Gasteiger partial charge in [0.15, 0.2) is 9.84 Å². The van der Waals surface area contributed by atoms with Crippen LogP contribution in [0.5, 0.6) is 5.75 Å². The summed E-state index contributed by atoms with van der Waals surface area (Å²) in [6.45, 7) is -1.23. The van der Waals surface area contributed by atoms with E-state index in [-0.39, 0.29) is 10.6 Å². The maximum atomic E-state index is 12.4. The molecule has 4 nitrogen and oxygen atoms in total. The summed E-state index contributed by atoms with van der Waals surface area (Å²) >= 11 is 0. The molecule has 0 fully saturated rings. The van der Waals surface area contributed by atoms with Gasteiger partial charge in [-0.1, -0.05) is 6.07 Å². The van der Waals surface area contributed by atoms with Gasteiger partial charge in [-0.05, 0) is 18.2 Å². The highest BCUT2D eigenvalue weighted by molar-refractivity contribution is 7.90. The number of rotatable bonds is 5. The van der Waals surface area contributed by atoms with E-state index in [0.29, 0.717) is 0 Å². The summed E-state index contributed by atoms with van der Waals surface area (Å²) in [5, 5.41) is 0. The molecule has 0 amide bonds. The largest absolute Gasteiger partial charge is 0.493 e. The van der Waals surface area contributed by atoms with Crippen molar-refractivity contribution in [1.82, 2.24) is 0 Å². The Balaban J connectivity index is 2.79. The van der Waals surface area contributed by atoms with Crippen molar-refractivity contribution in [3.8, 4) is 5.75 Å². The summed E-state index contributed by atoms with van der Waals surface area (Å²) in [6.07, 6.45) is -3.44. The van der Waals surface area contributed by atoms with Crippen LogP contribution in [-0.4, -0.2) is 34.0 Å². The number of halogens is 3. The van der Waals surface area contributed by atoms with E-state index in [0.717, 1.165) is 6.26 Å². The summed E-state index contributed by atoms with van der Waals surface area (Å²) < 4.78 is 64.8. The van der Waals surface area contributed by atoms with Crippen molar-refractivity contribution >= 4 is 9.84 Å². The second kappa shape index (κ2) is 5.79. The van der Waals surface area contributed by atoms with Gasteiger partial charge in [-0.3, -0.25) is 0 Å². The van der Waals surface area contributed by atoms with Crippen LogP contribution >= 0.6 is 0 Å². The summed E-state index contributed by atoms with van der Waals surface area (Å²) in [6, 6.07) is 5.31. The molecule has 1 unspecified atom stereocenters. The molecule has 0 radical (unpaired) electrons. The van der Waals surface area contributed by atoms with Crippen molar-refractivity contribution in [2.45, 2.75) is 11.1 Å². The molecule has 0 aliphatic heterocycles. The van der Waals surface area contributed by atoms with Crippen LogP contribution in [0.1, 0.15) is 0 Å². The summed E-state index contributed by atoms with van der Waals surface area (Å²) in [5.41, 5.74) is 5.03. The van der Waals surface area contributed by atoms with Gasteiger partial charge >= 0.3 is 6.18 Å². The van der Waals surface area contributed by atoms with Gasteiger partial charge < -0.3 is 10.5 Å². The molecule has 8 heteroatoms. The van der Waals surface area contributed by atoms with Gasteiger partial charge in [0, 0.05) is 12.8 Å². The molecule has 0 aliphatic carbocycles. The number of sulfone groups is 1. The normalized spacial score (nSPS) is 14.2. The molecule has 0 aromatic heterocycles. The molecule has 0 aliphatic rings. The minimum Gasteiger partial charge on any atom is -0.493 e. The minimum atomic E-state index is -4.44. The maximum absolute atomic E-state index is 12.4. The average Bonchev–Trinajstić information content (AvgIpc) is 2.27. The second-order valence-corrected chi connectivity index (χ2v) is 6.05. The topological polar surface area (TPSA) is 69.4 Å². The number of benzene rings is 1. The molecule has 0 saturated carbocycles. The Morgan fingerprint density at radius 1 is 1.37 bits per heavy atom. The van der Waals surface area contributed by atoms with Crippen molar-refractivity contribution in [3.05, 3.63) is 24.3 Å². The SMILES string of the molecule is CS(=O)(=O)c1cccc(OCC(CN)C(F)(F)F)c1. The summed E-state index contributed by atoms with van der Waals surface area (Å²) in [7, 11) is -3.42. The molecular weight excluding hydrogens is 283 g/mol. The first-order chi connectivity index (χ1) is 8.64. The van der Waals surface area contributed by atoms with Crippen LogP contribution in [0, 0.1) is 5.92 Å². The fraction of sp³-hybridized carbons (Fsp3) is 0.455. The van der Waals surface area contributed by atoms with Gasteiger partial charge in [0.1, 0.15) is 18.3 Å². The number of hydrogen-bond donors (Lipinski definition) is 1. The highest BCUT2D eigenvalue weighted by Crippen LogP contribution is 2.26. The molecule has 1 rings (SSSR count). The zero-order valence-electron chi connectivity index (χ0n) is 10.1. The van der Waals surface area contributed by atoms with Crippen LogP contribution in [0.2, 0.25) is 0 Å². The molecule has 0 saturated heterocycles. The van der Waals surface area contributed by atoms with Gasteiger partial charge in [0.05, 0.1) is 4.90 Å². The van der Waals surface area contributed by atoms with Crippen LogP contribution < -0.4 is 10.5 Å². The lowest BCUT2D eigenvalue weighted by atomic mass is 10.1. The Bertz CT molecular complexity index is 528. The highest BCUT2D eigenvalue weighted by atomic mass is 32.2. The van der Waals surface area contributed by atoms with Crippen LogP contribution in [0.4, 0.5) is 13.2 Å². The van der Waals surface area contributed by atoms with E-state index in [1.165, 1.54) is 24.3 Å². The van der Waals surface area contributed by atoms with E-state index in [2.05, 4.69) is 0 Å². The quantitative estimate of drug-likeness (QED) is 0.896. The van der Waals surface area contributed by atoms with Gasteiger partial charge in [0.25, 0.3) is 0 Å². The van der Waals surface area contributed by atoms with Crippen molar-refractivity contribution in [1.29, 1.82) is 0 Å². The fourth-order valence-corrected chi connectivity index (χ4v) is 1.94. The van der Waals surface area contributed by atoms with Gasteiger partial charge in [0.2, 0.25) is 0 Å². The molecule has 1 aromatic carbocycles. The van der Waals surface area contributed by atoms with Crippen LogP contribution in [0.3, 0.4) is 0 Å². The molecule has 108 valence electrons. The van der Waals surface area contributed by atoms with Crippen molar-refractivity contribution in [2.24, 2.45) is 11.7 Å². The first-order valence-electron chi connectivity index (χ1n) is 5.34. The standard InChI is InChI=1S/C11H14F3NO3S/c1-19(16,17)10-4-2-3-9(5-10)18-7-8(6-15)11(12,13)14/h2-5,8H,6-7,15H2,1H3. The number of nitrogens with two attached hydrogens (primary N) is 1. The first kappa shape index (κ1) is 15.8. The Labute approximate surface area is 109 Å². The third kappa shape index (κ3) is 4.71. The lowest BCUT2D eigenvalue weighted by Gasteiger charge is -2.18. The van der Waals surface area contributed by atoms with E-state index in [4.69, 9.17) is 10.5 Å². The minimum absolute atomic E-state index is 0.0127. The number of ether oxygens (including phenoxy) is 1. The van der Waals surface area contributed by atoms with Crippen LogP contribution in [0.15, 0.2) is 29.2 Å². The average molecular weight is 297 g/mol. The molecule has 1 atom stereocenters. The molecule has 19 heavy (non-hydrogen) atoms. The van der Waals surface area contributed by atoms with Crippen LogP contribution in [-0.2, 0) is 9.84 Å². The predicted octanol–water partition coefficient (Wildman–Crippen LogP) is 1.61. The van der Waals surface area contributed by atoms with E-state index >= 15 is 0 Å². The van der Waals surface area contributed by atoms with Gasteiger partial charge in [-0.25, -0.2) is 8.42 Å². The molecule has 1 aromatic rings. The monoisotopic (exact) mass is 297 g/mol. The van der Waals surface area contributed by atoms with E-state index in [1.54, 1.807) is 0 Å². The molecule has 0 heterocycles. The lowest BCUT2D eigenvalue weighted by Crippen LogP contribution is -2.35. The third-order valence-electron chi connectivity index (χ3n) is 2.43. The van der Waals surface area contributed by atoms with Crippen molar-refractivity contribution in [3.63, 3.8) is 0 Å². The van der Waals surface area contributed by atoms with Crippen LogP contribution in [0.25, 0.3) is 0 Å².